The summed E-state index contributed by atoms with van der Waals surface area (Å²) in [6.07, 6.45) is 0. The second kappa shape index (κ2) is 9.83. The van der Waals surface area contributed by atoms with Crippen molar-refractivity contribution in [3.8, 4) is 17.2 Å². The van der Waals surface area contributed by atoms with Gasteiger partial charge in [0.1, 0.15) is 12.3 Å². The van der Waals surface area contributed by atoms with Gasteiger partial charge in [-0.05, 0) is 42.8 Å². The van der Waals surface area contributed by atoms with Gasteiger partial charge in [0.2, 0.25) is 0 Å². The summed E-state index contributed by atoms with van der Waals surface area (Å²) >= 11 is 0. The zero-order valence-corrected chi connectivity index (χ0v) is 16.7. The van der Waals surface area contributed by atoms with Crippen LogP contribution in [-0.2, 0) is 17.9 Å². The predicted octanol–water partition coefficient (Wildman–Crippen LogP) is 1.43. The van der Waals surface area contributed by atoms with Gasteiger partial charge in [0.15, 0.2) is 17.5 Å². The fraction of sp³-hybridized carbons (Fsp3) is 0.381. The van der Waals surface area contributed by atoms with Crippen LogP contribution >= 0.6 is 0 Å². The van der Waals surface area contributed by atoms with Crippen LogP contribution in [0, 0.1) is 0 Å². The van der Waals surface area contributed by atoms with Crippen LogP contribution < -0.4 is 24.4 Å². The van der Waals surface area contributed by atoms with E-state index in [4.69, 9.17) is 14.2 Å². The first-order valence-electron chi connectivity index (χ1n) is 8.92. The van der Waals surface area contributed by atoms with Gasteiger partial charge in [0.05, 0.1) is 28.4 Å². The van der Waals surface area contributed by atoms with Crippen LogP contribution in [0.25, 0.3) is 0 Å². The smallest absolute Gasteiger partial charge is 0.278 e. The fourth-order valence-corrected chi connectivity index (χ4v) is 2.78. The van der Waals surface area contributed by atoms with Crippen LogP contribution in [0.4, 0.5) is 0 Å². The molecule has 2 N–H and O–H groups in total. The molecule has 146 valence electrons. The largest absolute Gasteiger partial charge is 0.497 e. The second-order valence-electron chi connectivity index (χ2n) is 6.50. The number of nitrogens with one attached hydrogen (secondary N) is 2. The maximum atomic E-state index is 12.5. The topological polar surface area (TPSA) is 61.2 Å². The van der Waals surface area contributed by atoms with Gasteiger partial charge in [-0.3, -0.25) is 4.79 Å². The third-order valence-corrected chi connectivity index (χ3v) is 4.69. The van der Waals surface area contributed by atoms with E-state index in [1.807, 2.05) is 56.4 Å². The van der Waals surface area contributed by atoms with Gasteiger partial charge < -0.3 is 24.4 Å². The molecule has 27 heavy (non-hydrogen) atoms. The number of amides is 1. The monoisotopic (exact) mass is 373 g/mol. The molecule has 0 aliphatic heterocycles. The van der Waals surface area contributed by atoms with Crippen molar-refractivity contribution < 1.29 is 23.9 Å². The normalized spacial score (nSPS) is 12.8. The lowest BCUT2D eigenvalue weighted by Gasteiger charge is -2.21. The molecule has 0 saturated heterocycles. The SMILES string of the molecule is COc1ccc(CNC(=O)[C@H](C)[NH+](C)Cc2ccc(OC)c(OC)c2)cc1. The Kier molecular flexibility index (Phi) is 7.49. The molecule has 1 unspecified atom stereocenters. The van der Waals surface area contributed by atoms with Crippen LogP contribution in [0.3, 0.4) is 0 Å². The highest BCUT2D eigenvalue weighted by molar-refractivity contribution is 5.79. The van der Waals surface area contributed by atoms with E-state index in [2.05, 4.69) is 5.32 Å². The first-order chi connectivity index (χ1) is 13.0. The lowest BCUT2D eigenvalue weighted by atomic mass is 10.1. The number of carbonyl (C=O) groups excluding carboxylic acids is 1. The van der Waals surface area contributed by atoms with Crippen LogP contribution in [-0.4, -0.2) is 40.3 Å². The quantitative estimate of drug-likeness (QED) is 0.698. The molecule has 0 saturated carbocycles. The summed E-state index contributed by atoms with van der Waals surface area (Å²) in [4.78, 5) is 13.6. The van der Waals surface area contributed by atoms with Gasteiger partial charge in [0.25, 0.3) is 5.91 Å². The number of rotatable bonds is 9. The summed E-state index contributed by atoms with van der Waals surface area (Å²) in [5, 5.41) is 3.00. The number of likely N-dealkylation sites (N-methyl/N-ethyl adjacent to an activating group) is 1. The first kappa shape index (κ1) is 20.6. The molecule has 2 rings (SSSR count). The standard InChI is InChI=1S/C21H28N2O4/c1-15(21(24)22-13-16-6-9-18(25-3)10-7-16)23(2)14-17-8-11-19(26-4)20(12-17)27-5/h6-12,15H,13-14H2,1-5H3,(H,22,24)/p+1/t15-/m0/s1. The highest BCUT2D eigenvalue weighted by Gasteiger charge is 2.22. The fourth-order valence-electron chi connectivity index (χ4n) is 2.78. The Morgan fingerprint density at radius 2 is 1.59 bits per heavy atom. The maximum Gasteiger partial charge on any atom is 0.278 e. The molecule has 0 bridgehead atoms. The van der Waals surface area contributed by atoms with Crippen LogP contribution in [0.2, 0.25) is 0 Å². The zero-order valence-electron chi connectivity index (χ0n) is 16.7. The molecule has 6 heteroatoms. The molecule has 0 heterocycles. The number of methoxy groups -OCH3 is 3. The molecule has 0 radical (unpaired) electrons. The van der Waals surface area contributed by atoms with Crippen molar-refractivity contribution in [2.75, 3.05) is 28.4 Å². The van der Waals surface area contributed by atoms with Crippen molar-refractivity contribution in [3.63, 3.8) is 0 Å². The van der Waals surface area contributed by atoms with Gasteiger partial charge in [-0.1, -0.05) is 12.1 Å². The minimum atomic E-state index is -0.184. The lowest BCUT2D eigenvalue weighted by molar-refractivity contribution is -0.908. The number of quaternary nitrogens is 1. The Balaban J connectivity index is 1.91. The highest BCUT2D eigenvalue weighted by Crippen LogP contribution is 2.27. The number of hydrogen-bond donors (Lipinski definition) is 2. The van der Waals surface area contributed by atoms with Gasteiger partial charge >= 0.3 is 0 Å². The van der Waals surface area contributed by atoms with Gasteiger partial charge in [0, 0.05) is 12.1 Å². The van der Waals surface area contributed by atoms with E-state index in [-0.39, 0.29) is 11.9 Å². The van der Waals surface area contributed by atoms with Crippen LogP contribution in [0.1, 0.15) is 18.1 Å². The summed E-state index contributed by atoms with van der Waals surface area (Å²) in [5.74, 6) is 2.21. The Morgan fingerprint density at radius 3 is 2.19 bits per heavy atom. The van der Waals surface area contributed by atoms with Crippen molar-refractivity contribution in [1.29, 1.82) is 0 Å². The van der Waals surface area contributed by atoms with Gasteiger partial charge in [-0.2, -0.15) is 0 Å². The minimum absolute atomic E-state index is 0.0174. The lowest BCUT2D eigenvalue weighted by Crippen LogP contribution is -3.12. The van der Waals surface area contributed by atoms with Crippen LogP contribution in [0.15, 0.2) is 42.5 Å². The van der Waals surface area contributed by atoms with Gasteiger partial charge in [-0.25, -0.2) is 0 Å². The van der Waals surface area contributed by atoms with Crippen molar-refractivity contribution in [1.82, 2.24) is 5.32 Å². The molecular weight excluding hydrogens is 344 g/mol. The van der Waals surface area contributed by atoms with Crippen molar-refractivity contribution in [2.24, 2.45) is 0 Å². The van der Waals surface area contributed by atoms with Crippen molar-refractivity contribution >= 4 is 5.91 Å². The van der Waals surface area contributed by atoms with Crippen molar-refractivity contribution in [2.45, 2.75) is 26.1 Å². The Bertz CT molecular complexity index is 746. The predicted molar refractivity (Wildman–Crippen MR) is 104 cm³/mol. The first-order valence-corrected chi connectivity index (χ1v) is 8.92. The summed E-state index contributed by atoms with van der Waals surface area (Å²) < 4.78 is 15.8. The summed E-state index contributed by atoms with van der Waals surface area (Å²) in [5.41, 5.74) is 2.12. The summed E-state index contributed by atoms with van der Waals surface area (Å²) in [6, 6.07) is 13.3. The molecule has 2 aromatic rings. The molecule has 6 nitrogen and oxygen atoms in total. The molecule has 2 aromatic carbocycles. The summed E-state index contributed by atoms with van der Waals surface area (Å²) in [6.45, 7) is 3.13. The van der Waals surface area contributed by atoms with E-state index in [1.54, 1.807) is 21.3 Å². The molecule has 0 aromatic heterocycles. The maximum absolute atomic E-state index is 12.5. The number of ether oxygens (including phenoxy) is 3. The number of hydrogen-bond acceptors (Lipinski definition) is 4. The Hall–Kier alpha value is -2.73. The Morgan fingerprint density at radius 1 is 0.963 bits per heavy atom. The molecule has 0 aliphatic rings. The van der Waals surface area contributed by atoms with E-state index in [1.165, 1.54) is 0 Å². The highest BCUT2D eigenvalue weighted by atomic mass is 16.5. The van der Waals surface area contributed by atoms with Gasteiger partial charge in [-0.15, -0.1) is 0 Å². The average Bonchev–Trinajstić information content (AvgIpc) is 2.71. The number of carbonyl (C=O) groups is 1. The van der Waals surface area contributed by atoms with E-state index in [0.29, 0.717) is 24.6 Å². The van der Waals surface area contributed by atoms with Crippen molar-refractivity contribution in [3.05, 3.63) is 53.6 Å². The molecule has 2 atom stereocenters. The molecule has 1 amide bonds. The molecule has 0 spiro atoms. The molecular formula is C21H29N2O4+. The average molecular weight is 373 g/mol. The third kappa shape index (κ3) is 5.62. The third-order valence-electron chi connectivity index (χ3n) is 4.69. The van der Waals surface area contributed by atoms with E-state index < -0.39 is 0 Å². The van der Waals surface area contributed by atoms with E-state index in [9.17, 15) is 4.79 Å². The van der Waals surface area contributed by atoms with E-state index in [0.717, 1.165) is 21.8 Å². The molecule has 0 aliphatic carbocycles. The number of benzene rings is 2. The van der Waals surface area contributed by atoms with E-state index >= 15 is 0 Å². The van der Waals surface area contributed by atoms with Crippen LogP contribution in [0.5, 0.6) is 17.2 Å². The summed E-state index contributed by atoms with van der Waals surface area (Å²) in [7, 11) is 6.88. The Labute approximate surface area is 161 Å². The second-order valence-corrected chi connectivity index (χ2v) is 6.50. The minimum Gasteiger partial charge on any atom is -0.497 e. The molecule has 0 fully saturated rings. The zero-order chi connectivity index (χ0) is 19.8.